The lowest BCUT2D eigenvalue weighted by molar-refractivity contribution is 0.0695. The Morgan fingerprint density at radius 3 is 2.50 bits per heavy atom. The Bertz CT molecular complexity index is 954. The molecule has 1 aliphatic rings. The number of halogens is 1. The molecule has 0 unspecified atom stereocenters. The van der Waals surface area contributed by atoms with Crippen molar-refractivity contribution in [3.8, 4) is 6.07 Å². The van der Waals surface area contributed by atoms with E-state index in [0.29, 0.717) is 17.0 Å². The Morgan fingerprint density at radius 1 is 1.21 bits per heavy atom. The molecule has 0 spiro atoms. The van der Waals surface area contributed by atoms with Crippen LogP contribution in [0.15, 0.2) is 24.3 Å². The SMILES string of the molecule is Cc1cc(C)c(C(=O)O)c(C)c1CC1CCN(c2ccc(F)cc2C#N)CC1. The van der Waals surface area contributed by atoms with Crippen molar-refractivity contribution in [1.29, 1.82) is 5.26 Å². The third kappa shape index (κ3) is 3.87. The number of aromatic carboxylic acids is 1. The number of hydrogen-bond donors (Lipinski definition) is 1. The van der Waals surface area contributed by atoms with E-state index >= 15 is 0 Å². The van der Waals surface area contributed by atoms with E-state index in [9.17, 15) is 19.6 Å². The number of carbonyl (C=O) groups is 1. The molecule has 0 bridgehead atoms. The van der Waals surface area contributed by atoms with Gasteiger partial charge >= 0.3 is 5.97 Å². The van der Waals surface area contributed by atoms with E-state index in [1.807, 2.05) is 26.8 Å². The van der Waals surface area contributed by atoms with Crippen LogP contribution in [0.1, 0.15) is 51.0 Å². The average Bonchev–Trinajstić information content (AvgIpc) is 2.65. The third-order valence-corrected chi connectivity index (χ3v) is 5.87. The van der Waals surface area contributed by atoms with E-state index in [2.05, 4.69) is 11.0 Å². The van der Waals surface area contributed by atoms with Crippen LogP contribution in [0.25, 0.3) is 0 Å². The summed E-state index contributed by atoms with van der Waals surface area (Å²) >= 11 is 0. The van der Waals surface area contributed by atoms with Crippen molar-refractivity contribution >= 4 is 11.7 Å². The first-order valence-electron chi connectivity index (χ1n) is 9.59. The van der Waals surface area contributed by atoms with Crippen molar-refractivity contribution in [3.63, 3.8) is 0 Å². The minimum atomic E-state index is -0.869. The zero-order chi connectivity index (χ0) is 20.4. The number of rotatable bonds is 4. The third-order valence-electron chi connectivity index (χ3n) is 5.87. The van der Waals surface area contributed by atoms with E-state index in [1.165, 1.54) is 12.1 Å². The van der Waals surface area contributed by atoms with Gasteiger partial charge in [-0.1, -0.05) is 6.07 Å². The first kappa shape index (κ1) is 19.9. The molecule has 28 heavy (non-hydrogen) atoms. The number of nitrogens with zero attached hydrogens (tertiary/aromatic N) is 2. The molecule has 1 saturated heterocycles. The fourth-order valence-corrected chi connectivity index (χ4v) is 4.41. The van der Waals surface area contributed by atoms with E-state index in [-0.39, 0.29) is 0 Å². The molecule has 0 radical (unpaired) electrons. The van der Waals surface area contributed by atoms with E-state index in [4.69, 9.17) is 0 Å². The van der Waals surface area contributed by atoms with Gasteiger partial charge in [-0.25, -0.2) is 9.18 Å². The highest BCUT2D eigenvalue weighted by molar-refractivity contribution is 5.91. The summed E-state index contributed by atoms with van der Waals surface area (Å²) in [6.45, 7) is 7.42. The first-order chi connectivity index (χ1) is 13.3. The van der Waals surface area contributed by atoms with Gasteiger partial charge in [0.2, 0.25) is 0 Å². The van der Waals surface area contributed by atoms with Crippen LogP contribution in [-0.4, -0.2) is 24.2 Å². The first-order valence-corrected chi connectivity index (χ1v) is 9.59. The van der Waals surface area contributed by atoms with Crippen molar-refractivity contribution in [3.05, 3.63) is 63.5 Å². The average molecular weight is 380 g/mol. The van der Waals surface area contributed by atoms with Crippen LogP contribution in [0.2, 0.25) is 0 Å². The minimum Gasteiger partial charge on any atom is -0.478 e. The van der Waals surface area contributed by atoms with Gasteiger partial charge in [-0.2, -0.15) is 5.26 Å². The van der Waals surface area contributed by atoms with Crippen molar-refractivity contribution in [2.24, 2.45) is 5.92 Å². The van der Waals surface area contributed by atoms with Gasteiger partial charge in [-0.3, -0.25) is 0 Å². The van der Waals surface area contributed by atoms with Crippen LogP contribution in [0.3, 0.4) is 0 Å². The molecule has 4 nitrogen and oxygen atoms in total. The Hall–Kier alpha value is -2.87. The fraction of sp³-hybridized carbons (Fsp3) is 0.391. The predicted octanol–water partition coefficient (Wildman–Crippen LogP) is 4.78. The second-order valence-corrected chi connectivity index (χ2v) is 7.70. The van der Waals surface area contributed by atoms with Crippen molar-refractivity contribution in [2.75, 3.05) is 18.0 Å². The lowest BCUT2D eigenvalue weighted by Gasteiger charge is -2.34. The zero-order valence-corrected chi connectivity index (χ0v) is 16.6. The molecule has 0 aromatic heterocycles. The molecular formula is C23H25FN2O2. The highest BCUT2D eigenvalue weighted by Crippen LogP contribution is 2.31. The minimum absolute atomic E-state index is 0.370. The quantitative estimate of drug-likeness (QED) is 0.829. The van der Waals surface area contributed by atoms with Gasteiger partial charge in [-0.15, -0.1) is 0 Å². The number of nitriles is 1. The Morgan fingerprint density at radius 2 is 1.89 bits per heavy atom. The van der Waals surface area contributed by atoms with Crippen molar-refractivity contribution in [1.82, 2.24) is 0 Å². The number of piperidine rings is 1. The summed E-state index contributed by atoms with van der Waals surface area (Å²) < 4.78 is 13.4. The van der Waals surface area contributed by atoms with Crippen LogP contribution >= 0.6 is 0 Å². The highest BCUT2D eigenvalue weighted by atomic mass is 19.1. The second kappa shape index (κ2) is 8.02. The standard InChI is InChI=1S/C23H25FN2O2/c1-14-10-15(2)22(23(27)28)16(3)20(14)11-17-6-8-26(9-7-17)21-5-4-19(24)12-18(21)13-25/h4-5,10,12,17H,6-9,11H2,1-3H3,(H,27,28). The lowest BCUT2D eigenvalue weighted by atomic mass is 9.84. The van der Waals surface area contributed by atoms with Gasteiger partial charge in [0, 0.05) is 13.1 Å². The van der Waals surface area contributed by atoms with Gasteiger partial charge in [0.15, 0.2) is 0 Å². The maximum absolute atomic E-state index is 13.4. The number of hydrogen-bond acceptors (Lipinski definition) is 3. The molecule has 1 aliphatic heterocycles. The van der Waals surface area contributed by atoms with Gasteiger partial charge in [0.1, 0.15) is 11.9 Å². The van der Waals surface area contributed by atoms with Crippen LogP contribution < -0.4 is 4.90 Å². The largest absolute Gasteiger partial charge is 0.478 e. The van der Waals surface area contributed by atoms with E-state index < -0.39 is 11.8 Å². The highest BCUT2D eigenvalue weighted by Gasteiger charge is 2.24. The predicted molar refractivity (Wildman–Crippen MR) is 107 cm³/mol. The van der Waals surface area contributed by atoms with Crippen molar-refractivity contribution in [2.45, 2.75) is 40.0 Å². The smallest absolute Gasteiger partial charge is 0.336 e. The van der Waals surface area contributed by atoms with Gasteiger partial charge in [-0.05, 0) is 86.4 Å². The van der Waals surface area contributed by atoms with Crippen LogP contribution in [0, 0.1) is 43.8 Å². The number of anilines is 1. The molecule has 1 N–H and O–H groups in total. The Labute approximate surface area is 165 Å². The molecule has 2 aromatic rings. The topological polar surface area (TPSA) is 64.3 Å². The normalized spacial score (nSPS) is 14.8. The lowest BCUT2D eigenvalue weighted by Crippen LogP contribution is -2.35. The molecule has 0 saturated carbocycles. The summed E-state index contributed by atoms with van der Waals surface area (Å²) in [6, 6.07) is 8.42. The van der Waals surface area contributed by atoms with Gasteiger partial charge in [0.25, 0.3) is 0 Å². The fourth-order valence-electron chi connectivity index (χ4n) is 4.41. The maximum Gasteiger partial charge on any atom is 0.336 e. The summed E-state index contributed by atoms with van der Waals surface area (Å²) in [5, 5.41) is 18.8. The molecule has 146 valence electrons. The molecule has 5 heteroatoms. The number of carboxylic acids is 1. The number of carboxylic acid groups (broad SMARTS) is 1. The van der Waals surface area contributed by atoms with E-state index in [0.717, 1.165) is 60.3 Å². The Balaban J connectivity index is 1.75. The second-order valence-electron chi connectivity index (χ2n) is 7.70. The summed E-state index contributed by atoms with van der Waals surface area (Å²) in [7, 11) is 0. The van der Waals surface area contributed by atoms with Crippen molar-refractivity contribution < 1.29 is 14.3 Å². The molecule has 0 aliphatic carbocycles. The molecule has 2 aromatic carbocycles. The maximum atomic E-state index is 13.4. The molecule has 3 rings (SSSR count). The molecule has 0 amide bonds. The van der Waals surface area contributed by atoms with Crippen LogP contribution in [-0.2, 0) is 6.42 Å². The number of aryl methyl sites for hydroxylation is 2. The summed E-state index contributed by atoms with van der Waals surface area (Å²) in [6.07, 6.45) is 2.77. The summed E-state index contributed by atoms with van der Waals surface area (Å²) in [4.78, 5) is 13.8. The van der Waals surface area contributed by atoms with Crippen LogP contribution in [0.5, 0.6) is 0 Å². The van der Waals surface area contributed by atoms with Crippen LogP contribution in [0.4, 0.5) is 10.1 Å². The van der Waals surface area contributed by atoms with Gasteiger partial charge in [0.05, 0.1) is 16.8 Å². The summed E-state index contributed by atoms with van der Waals surface area (Å²) in [5.41, 5.74) is 5.55. The zero-order valence-electron chi connectivity index (χ0n) is 16.6. The molecule has 1 fully saturated rings. The number of benzene rings is 2. The van der Waals surface area contributed by atoms with E-state index in [1.54, 1.807) is 6.07 Å². The molecular weight excluding hydrogens is 355 g/mol. The summed E-state index contributed by atoms with van der Waals surface area (Å²) in [5.74, 6) is -0.801. The molecule has 0 atom stereocenters. The molecule has 1 heterocycles. The monoisotopic (exact) mass is 380 g/mol. The van der Waals surface area contributed by atoms with Gasteiger partial charge < -0.3 is 10.0 Å². The Kier molecular flexibility index (Phi) is 5.69.